The summed E-state index contributed by atoms with van der Waals surface area (Å²) < 4.78 is 39.5. The molecular weight excluding hydrogens is 325 g/mol. The van der Waals surface area contributed by atoms with E-state index >= 15 is 0 Å². The molecule has 10 heteroatoms. The van der Waals surface area contributed by atoms with Crippen LogP contribution < -0.4 is 10.2 Å². The van der Waals surface area contributed by atoms with Crippen LogP contribution in [0.25, 0.3) is 0 Å². The Morgan fingerprint density at radius 3 is 2.75 bits per heavy atom. The van der Waals surface area contributed by atoms with E-state index in [1.54, 1.807) is 28.9 Å². The average molecular weight is 342 g/mol. The molecule has 0 spiro atoms. The molecule has 3 rings (SSSR count). The van der Waals surface area contributed by atoms with Gasteiger partial charge in [0, 0.05) is 38.1 Å². The molecule has 0 aliphatic carbocycles. The minimum Gasteiger partial charge on any atom is -0.357 e. The third-order valence-corrected chi connectivity index (χ3v) is 3.72. The van der Waals surface area contributed by atoms with Gasteiger partial charge in [-0.1, -0.05) is 0 Å². The van der Waals surface area contributed by atoms with Crippen molar-refractivity contribution in [2.75, 3.05) is 16.8 Å². The maximum absolute atomic E-state index is 12.6. The lowest BCUT2D eigenvalue weighted by molar-refractivity contribution is -0.142. The molecule has 2 aromatic heterocycles. The molecule has 7 nitrogen and oxygen atoms in total. The number of nitrogens with zero attached hydrogens (tertiary/aromatic N) is 5. The summed E-state index contributed by atoms with van der Waals surface area (Å²) in [4.78, 5) is 14.2. The number of carbonyl (C=O) groups excluding carboxylic acids is 1. The molecule has 0 bridgehead atoms. The van der Waals surface area contributed by atoms with Crippen molar-refractivity contribution in [1.29, 1.82) is 0 Å². The molecule has 1 amide bonds. The van der Waals surface area contributed by atoms with E-state index in [-0.39, 0.29) is 11.7 Å². The largest absolute Gasteiger partial charge is 0.408 e. The summed E-state index contributed by atoms with van der Waals surface area (Å²) in [6.45, 7) is -0.593. The van der Waals surface area contributed by atoms with Gasteiger partial charge >= 0.3 is 6.18 Å². The molecular formula is C14H17F3N6O. The van der Waals surface area contributed by atoms with Crippen LogP contribution in [0.3, 0.4) is 0 Å². The van der Waals surface area contributed by atoms with Gasteiger partial charge in [0.25, 0.3) is 5.91 Å². The Morgan fingerprint density at radius 2 is 2.08 bits per heavy atom. The Morgan fingerprint density at radius 1 is 1.29 bits per heavy atom. The first-order valence-corrected chi connectivity index (χ1v) is 7.49. The van der Waals surface area contributed by atoms with Gasteiger partial charge in [0.1, 0.15) is 18.4 Å². The Labute approximate surface area is 136 Å². The summed E-state index contributed by atoms with van der Waals surface area (Å²) in [5.74, 6) is 0.655. The number of aromatic nitrogens is 4. The van der Waals surface area contributed by atoms with Gasteiger partial charge in [0.15, 0.2) is 5.82 Å². The van der Waals surface area contributed by atoms with Gasteiger partial charge in [-0.15, -0.1) is 0 Å². The SMILES string of the molecule is Cn1ccc(N2CCC[C@@H](Nc3ccn(CC(F)(F)F)n3)C2=O)n1. The van der Waals surface area contributed by atoms with Crippen LogP contribution in [-0.2, 0) is 18.4 Å². The van der Waals surface area contributed by atoms with Crippen molar-refractivity contribution in [3.63, 3.8) is 0 Å². The number of hydrogen-bond donors (Lipinski definition) is 1. The molecule has 1 N–H and O–H groups in total. The van der Waals surface area contributed by atoms with Gasteiger partial charge in [0.05, 0.1) is 0 Å². The van der Waals surface area contributed by atoms with E-state index in [4.69, 9.17) is 0 Å². The Kier molecular flexibility index (Phi) is 4.20. The fraction of sp³-hybridized carbons (Fsp3) is 0.500. The number of nitrogens with one attached hydrogen (secondary N) is 1. The van der Waals surface area contributed by atoms with Crippen LogP contribution in [0, 0.1) is 0 Å². The summed E-state index contributed by atoms with van der Waals surface area (Å²) >= 11 is 0. The monoisotopic (exact) mass is 342 g/mol. The number of anilines is 2. The van der Waals surface area contributed by atoms with E-state index in [2.05, 4.69) is 15.5 Å². The average Bonchev–Trinajstić information content (AvgIpc) is 3.09. The molecule has 130 valence electrons. The minimum absolute atomic E-state index is 0.162. The van der Waals surface area contributed by atoms with Crippen LogP contribution in [-0.4, -0.2) is 44.2 Å². The van der Waals surface area contributed by atoms with E-state index in [1.165, 1.54) is 12.3 Å². The Bertz CT molecular complexity index is 722. The van der Waals surface area contributed by atoms with E-state index in [9.17, 15) is 18.0 Å². The quantitative estimate of drug-likeness (QED) is 0.920. The molecule has 0 saturated carbocycles. The number of rotatable bonds is 4. The van der Waals surface area contributed by atoms with Crippen LogP contribution in [0.1, 0.15) is 12.8 Å². The zero-order valence-electron chi connectivity index (χ0n) is 13.0. The Hall–Kier alpha value is -2.52. The van der Waals surface area contributed by atoms with Crippen LogP contribution in [0.15, 0.2) is 24.5 Å². The van der Waals surface area contributed by atoms with Crippen molar-refractivity contribution in [1.82, 2.24) is 19.6 Å². The van der Waals surface area contributed by atoms with Gasteiger partial charge in [0.2, 0.25) is 0 Å². The highest BCUT2D eigenvalue weighted by atomic mass is 19.4. The van der Waals surface area contributed by atoms with Crippen molar-refractivity contribution in [2.24, 2.45) is 7.05 Å². The van der Waals surface area contributed by atoms with Gasteiger partial charge in [-0.05, 0) is 12.8 Å². The van der Waals surface area contributed by atoms with Crippen LogP contribution in [0.5, 0.6) is 0 Å². The molecule has 24 heavy (non-hydrogen) atoms. The van der Waals surface area contributed by atoms with Gasteiger partial charge in [-0.25, -0.2) is 0 Å². The van der Waals surface area contributed by atoms with Crippen molar-refractivity contribution in [2.45, 2.75) is 31.6 Å². The van der Waals surface area contributed by atoms with Crippen LogP contribution in [0.2, 0.25) is 0 Å². The fourth-order valence-corrected chi connectivity index (χ4v) is 2.67. The first-order valence-electron chi connectivity index (χ1n) is 7.49. The highest BCUT2D eigenvalue weighted by Crippen LogP contribution is 2.22. The first kappa shape index (κ1) is 16.3. The van der Waals surface area contributed by atoms with Crippen molar-refractivity contribution >= 4 is 17.5 Å². The maximum Gasteiger partial charge on any atom is 0.408 e. The lowest BCUT2D eigenvalue weighted by atomic mass is 10.0. The highest BCUT2D eigenvalue weighted by molar-refractivity contribution is 5.98. The molecule has 1 saturated heterocycles. The second-order valence-electron chi connectivity index (χ2n) is 5.69. The highest BCUT2D eigenvalue weighted by Gasteiger charge is 2.32. The van der Waals surface area contributed by atoms with Crippen LogP contribution >= 0.6 is 0 Å². The molecule has 0 radical (unpaired) electrons. The van der Waals surface area contributed by atoms with E-state index in [0.29, 0.717) is 18.8 Å². The van der Waals surface area contributed by atoms with Gasteiger partial charge < -0.3 is 5.32 Å². The second kappa shape index (κ2) is 6.17. The zero-order chi connectivity index (χ0) is 17.3. The van der Waals surface area contributed by atoms with E-state index in [0.717, 1.165) is 11.1 Å². The molecule has 0 unspecified atom stereocenters. The number of hydrogen-bond acceptors (Lipinski definition) is 4. The summed E-state index contributed by atoms with van der Waals surface area (Å²) in [5.41, 5.74) is 0. The summed E-state index contributed by atoms with van der Waals surface area (Å²) in [7, 11) is 1.76. The number of amides is 1. The minimum atomic E-state index is -4.33. The second-order valence-corrected chi connectivity index (χ2v) is 5.69. The van der Waals surface area contributed by atoms with Crippen molar-refractivity contribution in [3.8, 4) is 0 Å². The maximum atomic E-state index is 12.6. The third-order valence-electron chi connectivity index (χ3n) is 3.72. The zero-order valence-corrected chi connectivity index (χ0v) is 13.0. The van der Waals surface area contributed by atoms with Crippen molar-refractivity contribution < 1.29 is 18.0 Å². The van der Waals surface area contributed by atoms with E-state index < -0.39 is 18.8 Å². The summed E-state index contributed by atoms with van der Waals surface area (Å²) in [6.07, 6.45) is 0.00930. The van der Waals surface area contributed by atoms with Crippen molar-refractivity contribution in [3.05, 3.63) is 24.5 Å². The predicted octanol–water partition coefficient (Wildman–Crippen LogP) is 1.79. The number of halogens is 3. The van der Waals surface area contributed by atoms with Gasteiger partial charge in [-0.2, -0.15) is 23.4 Å². The lowest BCUT2D eigenvalue weighted by Gasteiger charge is -2.31. The first-order chi connectivity index (χ1) is 11.3. The molecule has 1 aliphatic heterocycles. The molecule has 0 aromatic carbocycles. The third kappa shape index (κ3) is 3.69. The van der Waals surface area contributed by atoms with E-state index in [1.807, 2.05) is 0 Å². The number of aryl methyl sites for hydroxylation is 1. The summed E-state index contributed by atoms with van der Waals surface area (Å²) in [6, 6.07) is 2.65. The number of alkyl halides is 3. The van der Waals surface area contributed by atoms with Crippen LogP contribution in [0.4, 0.5) is 24.8 Å². The Balaban J connectivity index is 1.67. The topological polar surface area (TPSA) is 68.0 Å². The molecule has 2 aromatic rings. The predicted molar refractivity (Wildman–Crippen MR) is 80.5 cm³/mol. The molecule has 3 heterocycles. The smallest absolute Gasteiger partial charge is 0.357 e. The normalized spacial score (nSPS) is 18.9. The van der Waals surface area contributed by atoms with Gasteiger partial charge in [-0.3, -0.25) is 19.1 Å². The summed E-state index contributed by atoms with van der Waals surface area (Å²) in [5, 5.41) is 11.0. The number of carbonyl (C=O) groups is 1. The molecule has 1 aliphatic rings. The standard InChI is InChI=1S/C14H17F3N6O/c1-21-7-5-12(20-21)23-6-2-3-10(13(23)24)18-11-4-8-22(19-11)9-14(15,16)17/h4-5,7-8,10H,2-3,6,9H2,1H3,(H,18,19)/t10-/m1/s1. The molecule has 1 atom stereocenters. The lowest BCUT2D eigenvalue weighted by Crippen LogP contribution is -2.48. The molecule has 1 fully saturated rings. The fourth-order valence-electron chi connectivity index (χ4n) is 2.67. The number of piperidine rings is 1.